The molecule has 2 heteroatoms. The molecule has 0 saturated heterocycles. The summed E-state index contributed by atoms with van der Waals surface area (Å²) in [6.45, 7) is 2.35. The second kappa shape index (κ2) is 4.35. The van der Waals surface area contributed by atoms with Gasteiger partial charge in [-0.3, -0.25) is 0 Å². The third-order valence-corrected chi connectivity index (χ3v) is 6.42. The topological polar surface area (TPSA) is 12.0 Å². The normalized spacial score (nSPS) is 41.4. The standard InChI is InChI=1S/C16H23NS/c1-2-15(18-3-1)10-17-11-16-7-12-4-13(8-16)6-14(5-12)9-16/h1-3,12-14,17H,4-11H2. The first-order chi connectivity index (χ1) is 8.81. The summed E-state index contributed by atoms with van der Waals surface area (Å²) in [5.74, 6) is 3.25. The van der Waals surface area contributed by atoms with Gasteiger partial charge in [0, 0.05) is 18.0 Å². The Morgan fingerprint density at radius 1 is 1.11 bits per heavy atom. The molecule has 5 rings (SSSR count). The lowest BCUT2D eigenvalue weighted by molar-refractivity contribution is -0.0514. The minimum absolute atomic E-state index is 0.687. The Bertz CT molecular complexity index is 373. The van der Waals surface area contributed by atoms with E-state index in [1.165, 1.54) is 30.7 Å². The molecule has 4 saturated carbocycles. The van der Waals surface area contributed by atoms with Crippen molar-refractivity contribution in [3.63, 3.8) is 0 Å². The van der Waals surface area contributed by atoms with Crippen LogP contribution >= 0.6 is 11.3 Å². The predicted octanol–water partition coefficient (Wildman–Crippen LogP) is 4.05. The molecule has 4 fully saturated rings. The molecule has 18 heavy (non-hydrogen) atoms. The van der Waals surface area contributed by atoms with Crippen molar-refractivity contribution in [2.24, 2.45) is 23.2 Å². The van der Waals surface area contributed by atoms with E-state index in [9.17, 15) is 0 Å². The summed E-state index contributed by atoms with van der Waals surface area (Å²) in [6, 6.07) is 4.41. The molecule has 0 aliphatic heterocycles. The van der Waals surface area contributed by atoms with Gasteiger partial charge < -0.3 is 5.32 Å². The summed E-state index contributed by atoms with van der Waals surface area (Å²) < 4.78 is 0. The van der Waals surface area contributed by atoms with Crippen LogP contribution in [0.4, 0.5) is 0 Å². The van der Waals surface area contributed by atoms with E-state index in [4.69, 9.17) is 0 Å². The molecule has 1 N–H and O–H groups in total. The Hall–Kier alpha value is -0.340. The van der Waals surface area contributed by atoms with Gasteiger partial charge in [0.25, 0.3) is 0 Å². The van der Waals surface area contributed by atoms with Gasteiger partial charge in [0.1, 0.15) is 0 Å². The van der Waals surface area contributed by atoms with Crippen LogP contribution in [0.3, 0.4) is 0 Å². The number of hydrogen-bond donors (Lipinski definition) is 1. The molecular weight excluding hydrogens is 238 g/mol. The maximum Gasteiger partial charge on any atom is 0.0299 e. The lowest BCUT2D eigenvalue weighted by atomic mass is 9.49. The van der Waals surface area contributed by atoms with E-state index in [2.05, 4.69) is 22.8 Å². The minimum atomic E-state index is 0.687. The highest BCUT2D eigenvalue weighted by Gasteiger charge is 2.50. The Kier molecular flexibility index (Phi) is 2.77. The molecule has 0 radical (unpaired) electrons. The van der Waals surface area contributed by atoms with Crippen LogP contribution in [-0.2, 0) is 6.54 Å². The van der Waals surface area contributed by atoms with Crippen molar-refractivity contribution < 1.29 is 0 Å². The van der Waals surface area contributed by atoms with Gasteiger partial charge in [-0.1, -0.05) is 6.07 Å². The van der Waals surface area contributed by atoms with Crippen molar-refractivity contribution >= 4 is 11.3 Å². The van der Waals surface area contributed by atoms with E-state index in [0.29, 0.717) is 5.41 Å². The fourth-order valence-electron chi connectivity index (χ4n) is 5.37. The first kappa shape index (κ1) is 11.5. The molecule has 0 aromatic carbocycles. The summed E-state index contributed by atoms with van der Waals surface area (Å²) in [6.07, 6.45) is 9.25. The maximum atomic E-state index is 3.76. The van der Waals surface area contributed by atoms with Crippen LogP contribution in [0.5, 0.6) is 0 Å². The smallest absolute Gasteiger partial charge is 0.0299 e. The lowest BCUT2D eigenvalue weighted by Crippen LogP contribution is -2.50. The molecule has 98 valence electrons. The fraction of sp³-hybridized carbons (Fsp3) is 0.750. The lowest BCUT2D eigenvalue weighted by Gasteiger charge is -2.57. The number of hydrogen-bond acceptors (Lipinski definition) is 2. The summed E-state index contributed by atoms with van der Waals surface area (Å²) in [5.41, 5.74) is 0.687. The highest BCUT2D eigenvalue weighted by molar-refractivity contribution is 7.09. The van der Waals surface area contributed by atoms with Gasteiger partial charge in [-0.25, -0.2) is 0 Å². The average molecular weight is 261 g/mol. The molecule has 1 aromatic heterocycles. The van der Waals surface area contributed by atoms with Crippen LogP contribution in [0.2, 0.25) is 0 Å². The Balaban J connectivity index is 1.39. The highest BCUT2D eigenvalue weighted by Crippen LogP contribution is 2.59. The van der Waals surface area contributed by atoms with Crippen molar-refractivity contribution in [2.45, 2.75) is 45.1 Å². The van der Waals surface area contributed by atoms with E-state index in [0.717, 1.165) is 24.3 Å². The van der Waals surface area contributed by atoms with Gasteiger partial charge in [-0.15, -0.1) is 11.3 Å². The molecule has 0 atom stereocenters. The number of nitrogens with one attached hydrogen (secondary N) is 1. The molecule has 1 heterocycles. The molecule has 0 amide bonds. The molecule has 0 unspecified atom stereocenters. The zero-order valence-electron chi connectivity index (χ0n) is 11.0. The Labute approximate surface area is 114 Å². The summed E-state index contributed by atoms with van der Waals surface area (Å²) >= 11 is 1.88. The van der Waals surface area contributed by atoms with Crippen LogP contribution in [0, 0.1) is 23.2 Å². The average Bonchev–Trinajstić information content (AvgIpc) is 2.79. The second-order valence-corrected chi connectivity index (χ2v) is 8.13. The van der Waals surface area contributed by atoms with Gasteiger partial charge in [-0.2, -0.15) is 0 Å². The monoisotopic (exact) mass is 261 g/mol. The Morgan fingerprint density at radius 2 is 1.78 bits per heavy atom. The SMILES string of the molecule is c1csc(CNCC23CC4CC(CC(C4)C2)C3)c1. The van der Waals surface area contributed by atoms with Crippen LogP contribution < -0.4 is 5.32 Å². The molecule has 0 spiro atoms. The van der Waals surface area contributed by atoms with E-state index in [-0.39, 0.29) is 0 Å². The second-order valence-electron chi connectivity index (χ2n) is 7.10. The van der Waals surface area contributed by atoms with Crippen molar-refractivity contribution in [3.8, 4) is 0 Å². The summed E-state index contributed by atoms with van der Waals surface area (Å²) in [7, 11) is 0. The highest BCUT2D eigenvalue weighted by atomic mass is 32.1. The molecule has 4 aliphatic rings. The number of rotatable bonds is 4. The number of thiophene rings is 1. The van der Waals surface area contributed by atoms with Gasteiger partial charge in [0.05, 0.1) is 0 Å². The molecule has 4 aliphatic carbocycles. The zero-order valence-corrected chi connectivity index (χ0v) is 11.8. The van der Waals surface area contributed by atoms with Gasteiger partial charge >= 0.3 is 0 Å². The van der Waals surface area contributed by atoms with Gasteiger partial charge in [0.15, 0.2) is 0 Å². The molecule has 1 nitrogen and oxygen atoms in total. The minimum Gasteiger partial charge on any atom is -0.311 e. The van der Waals surface area contributed by atoms with Crippen LogP contribution in [-0.4, -0.2) is 6.54 Å². The largest absolute Gasteiger partial charge is 0.311 e. The van der Waals surface area contributed by atoms with Crippen LogP contribution in [0.15, 0.2) is 17.5 Å². The van der Waals surface area contributed by atoms with Crippen molar-refractivity contribution in [2.75, 3.05) is 6.54 Å². The van der Waals surface area contributed by atoms with E-state index in [1.807, 2.05) is 11.3 Å². The van der Waals surface area contributed by atoms with E-state index >= 15 is 0 Å². The summed E-state index contributed by atoms with van der Waals surface area (Å²) in [5, 5.41) is 5.94. The molecule has 4 bridgehead atoms. The third-order valence-electron chi connectivity index (χ3n) is 5.54. The van der Waals surface area contributed by atoms with Crippen molar-refractivity contribution in [1.82, 2.24) is 5.32 Å². The quantitative estimate of drug-likeness (QED) is 0.862. The third kappa shape index (κ3) is 2.04. The van der Waals surface area contributed by atoms with Gasteiger partial charge in [0.2, 0.25) is 0 Å². The summed E-state index contributed by atoms with van der Waals surface area (Å²) in [4.78, 5) is 1.49. The fourth-order valence-corrected chi connectivity index (χ4v) is 6.04. The Morgan fingerprint density at radius 3 is 2.33 bits per heavy atom. The maximum absolute atomic E-state index is 3.76. The molecular formula is C16H23NS. The van der Waals surface area contributed by atoms with E-state index < -0.39 is 0 Å². The first-order valence-electron chi connectivity index (χ1n) is 7.54. The van der Waals surface area contributed by atoms with Crippen molar-refractivity contribution in [1.29, 1.82) is 0 Å². The van der Waals surface area contributed by atoms with Crippen LogP contribution in [0.25, 0.3) is 0 Å². The van der Waals surface area contributed by atoms with Gasteiger partial charge in [-0.05, 0) is 73.1 Å². The first-order valence-corrected chi connectivity index (χ1v) is 8.42. The van der Waals surface area contributed by atoms with Crippen molar-refractivity contribution in [3.05, 3.63) is 22.4 Å². The predicted molar refractivity (Wildman–Crippen MR) is 76.6 cm³/mol. The molecule has 1 aromatic rings. The zero-order chi connectivity index (χ0) is 12.0. The van der Waals surface area contributed by atoms with Crippen LogP contribution in [0.1, 0.15) is 43.4 Å². The van der Waals surface area contributed by atoms with E-state index in [1.54, 1.807) is 19.3 Å².